The molecule has 4 heteroatoms. The van der Waals surface area contributed by atoms with Gasteiger partial charge in [0.1, 0.15) is 5.72 Å². The topological polar surface area (TPSA) is 46.6 Å². The van der Waals surface area contributed by atoms with Crippen LogP contribution >= 0.6 is 0 Å². The molecule has 1 amide bonds. The van der Waals surface area contributed by atoms with E-state index in [1.807, 2.05) is 26.0 Å². The zero-order valence-corrected chi connectivity index (χ0v) is 14.5. The molecule has 1 heterocycles. The first-order valence-corrected chi connectivity index (χ1v) is 9.12. The SMILES string of the molecule is CC1(C)O[C@H]2Cc3ccccc3[C@H]2N1C(=O)C(=O)C1CCCCC1. The number of carbonyl (C=O) groups excluding carboxylic acids is 2. The second kappa shape index (κ2) is 5.69. The van der Waals surface area contributed by atoms with E-state index in [9.17, 15) is 9.59 Å². The molecule has 0 N–H and O–H groups in total. The molecule has 2 fully saturated rings. The van der Waals surface area contributed by atoms with E-state index in [0.29, 0.717) is 0 Å². The molecule has 4 nitrogen and oxygen atoms in total. The maximum absolute atomic E-state index is 13.1. The average molecular weight is 327 g/mol. The normalized spacial score (nSPS) is 28.5. The van der Waals surface area contributed by atoms with Gasteiger partial charge in [0.2, 0.25) is 5.78 Å². The molecule has 1 aromatic rings. The van der Waals surface area contributed by atoms with Gasteiger partial charge in [-0.2, -0.15) is 0 Å². The van der Waals surface area contributed by atoms with E-state index < -0.39 is 5.72 Å². The summed E-state index contributed by atoms with van der Waals surface area (Å²) in [6, 6.07) is 8.05. The number of carbonyl (C=O) groups is 2. The number of ether oxygens (including phenoxy) is 1. The quantitative estimate of drug-likeness (QED) is 0.782. The van der Waals surface area contributed by atoms with E-state index in [1.165, 1.54) is 12.0 Å². The van der Waals surface area contributed by atoms with Crippen molar-refractivity contribution in [3.63, 3.8) is 0 Å². The minimum absolute atomic E-state index is 0.0412. The third-order valence-electron chi connectivity index (χ3n) is 5.85. The third-order valence-corrected chi connectivity index (χ3v) is 5.85. The van der Waals surface area contributed by atoms with Crippen molar-refractivity contribution in [1.29, 1.82) is 0 Å². The zero-order valence-electron chi connectivity index (χ0n) is 14.5. The summed E-state index contributed by atoms with van der Waals surface area (Å²) in [5.41, 5.74) is 1.63. The lowest BCUT2D eigenvalue weighted by atomic mass is 9.85. The third kappa shape index (κ3) is 2.39. The number of fused-ring (bicyclic) bond motifs is 3. The van der Waals surface area contributed by atoms with Gasteiger partial charge in [0, 0.05) is 12.3 Å². The van der Waals surface area contributed by atoms with Crippen LogP contribution < -0.4 is 0 Å². The first kappa shape index (κ1) is 15.8. The fourth-order valence-electron chi connectivity index (χ4n) is 4.74. The van der Waals surface area contributed by atoms with Crippen LogP contribution in [0.15, 0.2) is 24.3 Å². The van der Waals surface area contributed by atoms with Crippen molar-refractivity contribution in [2.45, 2.75) is 70.2 Å². The van der Waals surface area contributed by atoms with E-state index >= 15 is 0 Å². The Morgan fingerprint density at radius 1 is 1.12 bits per heavy atom. The van der Waals surface area contributed by atoms with Gasteiger partial charge in [-0.05, 0) is 37.8 Å². The molecule has 1 aromatic carbocycles. The molecule has 2 aliphatic carbocycles. The van der Waals surface area contributed by atoms with Crippen molar-refractivity contribution >= 4 is 11.7 Å². The van der Waals surface area contributed by atoms with Crippen LogP contribution in [0.2, 0.25) is 0 Å². The monoisotopic (exact) mass is 327 g/mol. The molecular weight excluding hydrogens is 302 g/mol. The summed E-state index contributed by atoms with van der Waals surface area (Å²) in [5, 5.41) is 0. The second-order valence-corrected chi connectivity index (χ2v) is 7.83. The Morgan fingerprint density at radius 3 is 2.58 bits per heavy atom. The van der Waals surface area contributed by atoms with Crippen LogP contribution in [0.4, 0.5) is 0 Å². The number of benzene rings is 1. The van der Waals surface area contributed by atoms with Crippen molar-refractivity contribution in [2.75, 3.05) is 0 Å². The Morgan fingerprint density at radius 2 is 1.83 bits per heavy atom. The number of amides is 1. The van der Waals surface area contributed by atoms with E-state index in [2.05, 4.69) is 12.1 Å². The summed E-state index contributed by atoms with van der Waals surface area (Å²) < 4.78 is 6.18. The number of nitrogens with zero attached hydrogens (tertiary/aromatic N) is 1. The maximum Gasteiger partial charge on any atom is 0.293 e. The highest BCUT2D eigenvalue weighted by Gasteiger charge is 2.55. The van der Waals surface area contributed by atoms with E-state index in [1.54, 1.807) is 4.90 Å². The molecule has 1 aliphatic heterocycles. The lowest BCUT2D eigenvalue weighted by Crippen LogP contribution is -2.49. The molecule has 4 rings (SSSR count). The second-order valence-electron chi connectivity index (χ2n) is 7.83. The summed E-state index contributed by atoms with van der Waals surface area (Å²) in [7, 11) is 0. The zero-order chi connectivity index (χ0) is 16.9. The number of rotatable bonds is 2. The van der Waals surface area contributed by atoms with Crippen LogP contribution in [-0.4, -0.2) is 28.4 Å². The van der Waals surface area contributed by atoms with Gasteiger partial charge in [-0.1, -0.05) is 43.5 Å². The van der Waals surface area contributed by atoms with Crippen LogP contribution in [0.25, 0.3) is 0 Å². The predicted molar refractivity (Wildman–Crippen MR) is 90.3 cm³/mol. The summed E-state index contributed by atoms with van der Waals surface area (Å²) in [6.07, 6.45) is 5.76. The molecule has 0 unspecified atom stereocenters. The van der Waals surface area contributed by atoms with Crippen molar-refractivity contribution in [2.24, 2.45) is 5.92 Å². The molecule has 0 spiro atoms. The van der Waals surface area contributed by atoms with Crippen LogP contribution in [0.3, 0.4) is 0 Å². The first-order valence-electron chi connectivity index (χ1n) is 9.12. The Hall–Kier alpha value is -1.68. The summed E-state index contributed by atoms with van der Waals surface area (Å²) in [5.74, 6) is -0.662. The lowest BCUT2D eigenvalue weighted by molar-refractivity contribution is -0.158. The average Bonchev–Trinajstić information content (AvgIpc) is 3.04. The number of ketones is 1. The van der Waals surface area contributed by atoms with Crippen LogP contribution in [0.1, 0.15) is 63.1 Å². The maximum atomic E-state index is 13.1. The Bertz CT molecular complexity index is 675. The molecule has 0 bridgehead atoms. The molecule has 0 aromatic heterocycles. The molecule has 1 saturated heterocycles. The molecule has 2 atom stereocenters. The first-order chi connectivity index (χ1) is 11.5. The van der Waals surface area contributed by atoms with Gasteiger partial charge in [0.15, 0.2) is 0 Å². The Labute approximate surface area is 143 Å². The van der Waals surface area contributed by atoms with Gasteiger partial charge in [0.25, 0.3) is 5.91 Å². The standard InChI is InChI=1S/C20H25NO3/c1-20(2)21(19(23)18(22)13-8-4-3-5-9-13)17-15-11-7-6-10-14(15)12-16(17)24-20/h6-7,10-11,13,16-17H,3-5,8-9,12H2,1-2H3/t16-,17+/m0/s1. The summed E-state index contributed by atoms with van der Waals surface area (Å²) in [6.45, 7) is 3.81. The van der Waals surface area contributed by atoms with Crippen molar-refractivity contribution in [3.05, 3.63) is 35.4 Å². The molecule has 3 aliphatic rings. The van der Waals surface area contributed by atoms with Gasteiger partial charge in [-0.25, -0.2) is 0 Å². The number of hydrogen-bond donors (Lipinski definition) is 0. The van der Waals surface area contributed by atoms with Gasteiger partial charge in [-0.15, -0.1) is 0 Å². The van der Waals surface area contributed by atoms with Crippen LogP contribution in [-0.2, 0) is 20.7 Å². The highest BCUT2D eigenvalue weighted by atomic mass is 16.5. The molecule has 24 heavy (non-hydrogen) atoms. The van der Waals surface area contributed by atoms with Crippen LogP contribution in [0, 0.1) is 5.92 Å². The predicted octanol–water partition coefficient (Wildman–Crippen LogP) is 3.40. The minimum Gasteiger partial charge on any atom is -0.350 e. The minimum atomic E-state index is -0.732. The Kier molecular flexibility index (Phi) is 3.75. The van der Waals surface area contributed by atoms with E-state index in [4.69, 9.17) is 4.74 Å². The fraction of sp³-hybridized carbons (Fsp3) is 0.600. The lowest BCUT2D eigenvalue weighted by Gasteiger charge is -2.34. The van der Waals surface area contributed by atoms with E-state index in [0.717, 1.165) is 37.7 Å². The Balaban J connectivity index is 1.65. The molecular formula is C20H25NO3. The van der Waals surface area contributed by atoms with Gasteiger partial charge < -0.3 is 4.74 Å². The molecule has 0 radical (unpaired) electrons. The van der Waals surface area contributed by atoms with Crippen molar-refractivity contribution in [3.8, 4) is 0 Å². The number of hydrogen-bond acceptors (Lipinski definition) is 3. The molecule has 128 valence electrons. The summed E-state index contributed by atoms with van der Waals surface area (Å²) in [4.78, 5) is 27.7. The fourth-order valence-corrected chi connectivity index (χ4v) is 4.74. The van der Waals surface area contributed by atoms with Crippen molar-refractivity contribution in [1.82, 2.24) is 4.90 Å². The summed E-state index contributed by atoms with van der Waals surface area (Å²) >= 11 is 0. The van der Waals surface area contributed by atoms with E-state index in [-0.39, 0.29) is 29.8 Å². The molecule has 1 saturated carbocycles. The highest BCUT2D eigenvalue weighted by Crippen LogP contribution is 2.48. The largest absolute Gasteiger partial charge is 0.350 e. The van der Waals surface area contributed by atoms with Gasteiger partial charge in [0.05, 0.1) is 12.1 Å². The van der Waals surface area contributed by atoms with Crippen molar-refractivity contribution < 1.29 is 14.3 Å². The van der Waals surface area contributed by atoms with Gasteiger partial charge >= 0.3 is 0 Å². The number of Topliss-reactive ketones (excluding diaryl/α,β-unsaturated/α-hetero) is 1. The smallest absolute Gasteiger partial charge is 0.293 e. The highest BCUT2D eigenvalue weighted by molar-refractivity contribution is 6.37. The van der Waals surface area contributed by atoms with Crippen LogP contribution in [0.5, 0.6) is 0 Å². The van der Waals surface area contributed by atoms with Gasteiger partial charge in [-0.3, -0.25) is 14.5 Å².